The van der Waals surface area contributed by atoms with Gasteiger partial charge in [0, 0.05) is 6.26 Å². The van der Waals surface area contributed by atoms with E-state index in [0.717, 1.165) is 6.26 Å². The third-order valence-corrected chi connectivity index (χ3v) is 4.16. The predicted octanol–water partition coefficient (Wildman–Crippen LogP) is 0.538. The Balaban J connectivity index is 5.12. The topological polar surface area (TPSA) is 75.0 Å². The fourth-order valence-electron chi connectivity index (χ4n) is 0.763. The monoisotopic (exact) mass is 203 g/mol. The Morgan fingerprint density at radius 2 is 1.85 bits per heavy atom. The van der Waals surface area contributed by atoms with Gasteiger partial charge >= 0.3 is 0 Å². The largest absolute Gasteiger partial charge is 0.296 e. The van der Waals surface area contributed by atoms with E-state index in [1.165, 1.54) is 20.8 Å². The van der Waals surface area contributed by atoms with Crippen LogP contribution in [0, 0.1) is 17.2 Å². The van der Waals surface area contributed by atoms with Crippen molar-refractivity contribution in [2.45, 2.75) is 25.5 Å². The molecule has 0 aliphatic carbocycles. The van der Waals surface area contributed by atoms with Gasteiger partial charge in [0.2, 0.25) is 0 Å². The summed E-state index contributed by atoms with van der Waals surface area (Å²) >= 11 is 0. The van der Waals surface area contributed by atoms with Crippen molar-refractivity contribution in [2.75, 3.05) is 6.26 Å². The van der Waals surface area contributed by atoms with Gasteiger partial charge in [-0.2, -0.15) is 5.26 Å². The smallest absolute Gasteiger partial charge is 0.170 e. The Morgan fingerprint density at radius 3 is 2.08 bits per heavy atom. The van der Waals surface area contributed by atoms with E-state index >= 15 is 0 Å². The maximum Gasteiger partial charge on any atom is 0.170 e. The molecular formula is C8H13NO3S. The van der Waals surface area contributed by atoms with Gasteiger partial charge in [-0.1, -0.05) is 0 Å². The van der Waals surface area contributed by atoms with Gasteiger partial charge < -0.3 is 0 Å². The molecule has 0 aliphatic heterocycles. The summed E-state index contributed by atoms with van der Waals surface area (Å²) in [7, 11) is -3.46. The SMILES string of the molecule is CC(C#N)C(=O)C(C)(C)S(C)(=O)=O. The average Bonchev–Trinajstić information content (AvgIpc) is 1.99. The van der Waals surface area contributed by atoms with Crippen molar-refractivity contribution in [1.29, 1.82) is 5.26 Å². The number of ketones is 1. The van der Waals surface area contributed by atoms with E-state index in [1.807, 2.05) is 0 Å². The maximum absolute atomic E-state index is 11.4. The Kier molecular flexibility index (Phi) is 3.23. The number of carbonyl (C=O) groups excluding carboxylic acids is 1. The summed E-state index contributed by atoms with van der Waals surface area (Å²) in [5.74, 6) is -1.44. The van der Waals surface area contributed by atoms with Crippen LogP contribution in [0.15, 0.2) is 0 Å². The molecule has 4 nitrogen and oxygen atoms in total. The molecule has 0 rings (SSSR count). The predicted molar refractivity (Wildman–Crippen MR) is 48.7 cm³/mol. The minimum absolute atomic E-state index is 0.558. The van der Waals surface area contributed by atoms with Crippen LogP contribution in [0.4, 0.5) is 0 Å². The van der Waals surface area contributed by atoms with E-state index in [0.29, 0.717) is 0 Å². The molecule has 0 saturated carbocycles. The van der Waals surface area contributed by atoms with Gasteiger partial charge in [-0.25, -0.2) is 8.42 Å². The molecule has 0 aromatic carbocycles. The first-order chi connectivity index (χ1) is 5.64. The molecule has 0 aromatic rings. The van der Waals surface area contributed by atoms with Crippen LogP contribution in [0.1, 0.15) is 20.8 Å². The quantitative estimate of drug-likeness (QED) is 0.670. The number of nitriles is 1. The molecule has 0 N–H and O–H groups in total. The van der Waals surface area contributed by atoms with Crippen LogP contribution in [-0.2, 0) is 14.6 Å². The Morgan fingerprint density at radius 1 is 1.46 bits per heavy atom. The molecule has 0 saturated heterocycles. The molecule has 0 radical (unpaired) electrons. The highest BCUT2D eigenvalue weighted by Crippen LogP contribution is 2.20. The van der Waals surface area contributed by atoms with E-state index in [-0.39, 0.29) is 0 Å². The van der Waals surface area contributed by atoms with Crippen LogP contribution >= 0.6 is 0 Å². The fourth-order valence-corrected chi connectivity index (χ4v) is 1.30. The van der Waals surface area contributed by atoms with E-state index in [9.17, 15) is 13.2 Å². The van der Waals surface area contributed by atoms with E-state index in [2.05, 4.69) is 0 Å². The van der Waals surface area contributed by atoms with Crippen molar-refractivity contribution in [3.63, 3.8) is 0 Å². The lowest BCUT2D eigenvalue weighted by Crippen LogP contribution is -2.42. The van der Waals surface area contributed by atoms with Crippen molar-refractivity contribution >= 4 is 15.6 Å². The zero-order valence-electron chi connectivity index (χ0n) is 8.16. The second kappa shape index (κ2) is 3.46. The minimum Gasteiger partial charge on any atom is -0.296 e. The molecule has 0 fully saturated rings. The zero-order valence-corrected chi connectivity index (χ0v) is 8.97. The molecule has 74 valence electrons. The van der Waals surface area contributed by atoms with E-state index in [1.54, 1.807) is 6.07 Å². The highest BCUT2D eigenvalue weighted by atomic mass is 32.2. The standard InChI is InChI=1S/C8H13NO3S/c1-6(5-9)7(10)8(2,3)13(4,11)12/h6H,1-4H3. The van der Waals surface area contributed by atoms with Gasteiger partial charge in [-0.15, -0.1) is 0 Å². The Bertz CT molecular complexity index is 348. The lowest BCUT2D eigenvalue weighted by molar-refractivity contribution is -0.122. The number of sulfone groups is 1. The number of nitrogens with zero attached hydrogens (tertiary/aromatic N) is 1. The number of carbonyl (C=O) groups is 1. The second-order valence-electron chi connectivity index (χ2n) is 3.50. The lowest BCUT2D eigenvalue weighted by Gasteiger charge is -2.21. The van der Waals surface area contributed by atoms with E-state index in [4.69, 9.17) is 5.26 Å². The first-order valence-electron chi connectivity index (χ1n) is 3.78. The minimum atomic E-state index is -3.46. The summed E-state index contributed by atoms with van der Waals surface area (Å²) in [6.45, 7) is 4.03. The molecule has 1 unspecified atom stereocenters. The first-order valence-corrected chi connectivity index (χ1v) is 5.67. The summed E-state index contributed by atoms with van der Waals surface area (Å²) in [6.07, 6.45) is 0.995. The highest BCUT2D eigenvalue weighted by Gasteiger charge is 2.40. The van der Waals surface area contributed by atoms with Gasteiger partial charge in [-0.3, -0.25) is 4.79 Å². The zero-order chi connectivity index (χ0) is 10.9. The normalized spacial score (nSPS) is 14.7. The molecule has 0 bridgehead atoms. The molecule has 1 atom stereocenters. The van der Waals surface area contributed by atoms with Crippen LogP contribution < -0.4 is 0 Å². The van der Waals surface area contributed by atoms with Gasteiger partial charge in [-0.05, 0) is 20.8 Å². The summed E-state index contributed by atoms with van der Waals surface area (Å²) in [5.41, 5.74) is 0. The summed E-state index contributed by atoms with van der Waals surface area (Å²) in [6, 6.07) is 1.73. The van der Waals surface area contributed by atoms with Crippen molar-refractivity contribution in [2.24, 2.45) is 5.92 Å². The van der Waals surface area contributed by atoms with Gasteiger partial charge in [0.15, 0.2) is 15.6 Å². The molecule has 0 aliphatic rings. The molecule has 0 amide bonds. The highest BCUT2D eigenvalue weighted by molar-refractivity contribution is 7.92. The number of hydrogen-bond donors (Lipinski definition) is 0. The molecule has 5 heteroatoms. The van der Waals surface area contributed by atoms with Crippen molar-refractivity contribution in [3.05, 3.63) is 0 Å². The van der Waals surface area contributed by atoms with Crippen LogP contribution in [-0.4, -0.2) is 25.2 Å². The lowest BCUT2D eigenvalue weighted by atomic mass is 9.97. The summed E-state index contributed by atoms with van der Waals surface area (Å²) in [5, 5.41) is 8.47. The molecule has 13 heavy (non-hydrogen) atoms. The van der Waals surface area contributed by atoms with Crippen molar-refractivity contribution < 1.29 is 13.2 Å². The number of Topliss-reactive ketones (excluding diaryl/α,β-unsaturated/α-hetero) is 1. The van der Waals surface area contributed by atoms with Crippen LogP contribution in [0.5, 0.6) is 0 Å². The number of rotatable bonds is 3. The summed E-state index contributed by atoms with van der Waals surface area (Å²) in [4.78, 5) is 11.4. The first kappa shape index (κ1) is 12.1. The van der Waals surface area contributed by atoms with Gasteiger partial charge in [0.1, 0.15) is 10.7 Å². The molecular weight excluding hydrogens is 190 g/mol. The van der Waals surface area contributed by atoms with Gasteiger partial charge in [0.05, 0.1) is 6.07 Å². The third-order valence-electron chi connectivity index (χ3n) is 2.11. The molecule has 0 aromatic heterocycles. The van der Waals surface area contributed by atoms with E-state index < -0.39 is 26.3 Å². The Hall–Kier alpha value is -0.890. The summed E-state index contributed by atoms with van der Waals surface area (Å²) < 4.78 is 20.9. The van der Waals surface area contributed by atoms with Crippen LogP contribution in [0.25, 0.3) is 0 Å². The van der Waals surface area contributed by atoms with Crippen molar-refractivity contribution in [3.8, 4) is 6.07 Å². The van der Waals surface area contributed by atoms with Crippen molar-refractivity contribution in [1.82, 2.24) is 0 Å². The number of hydrogen-bond acceptors (Lipinski definition) is 4. The Labute approximate surface area is 78.5 Å². The second-order valence-corrected chi connectivity index (χ2v) is 6.06. The average molecular weight is 203 g/mol. The van der Waals surface area contributed by atoms with Crippen LogP contribution in [0.3, 0.4) is 0 Å². The van der Waals surface area contributed by atoms with Crippen LogP contribution in [0.2, 0.25) is 0 Å². The molecule has 0 spiro atoms. The maximum atomic E-state index is 11.4. The molecule has 0 heterocycles. The van der Waals surface area contributed by atoms with Gasteiger partial charge in [0.25, 0.3) is 0 Å². The third kappa shape index (κ3) is 2.28. The fraction of sp³-hybridized carbons (Fsp3) is 0.750.